The number of rotatable bonds is 8. The van der Waals surface area contributed by atoms with Gasteiger partial charge >= 0.3 is 0 Å². The molecule has 4 aromatic rings. The molecule has 34 heavy (non-hydrogen) atoms. The summed E-state index contributed by atoms with van der Waals surface area (Å²) < 4.78 is 0. The zero-order chi connectivity index (χ0) is 23.6. The molecule has 0 bridgehead atoms. The van der Waals surface area contributed by atoms with Crippen molar-refractivity contribution in [2.45, 2.75) is 12.3 Å². The van der Waals surface area contributed by atoms with Crippen molar-refractivity contribution in [3.8, 4) is 5.40 Å². The van der Waals surface area contributed by atoms with E-state index < -0.39 is 0 Å². The fourth-order valence-corrected chi connectivity index (χ4v) is 4.39. The number of isothiocyanates is 1. The first-order valence-electron chi connectivity index (χ1n) is 10.9. The molecule has 0 radical (unpaired) electrons. The minimum atomic E-state index is 0.530. The summed E-state index contributed by atoms with van der Waals surface area (Å²) in [6.07, 6.45) is 0. The van der Waals surface area contributed by atoms with Crippen LogP contribution in [0.15, 0.2) is 114 Å². The van der Waals surface area contributed by atoms with Gasteiger partial charge in [0.1, 0.15) is 5.40 Å². The largest absolute Gasteiger partial charge is 0.228 e. The van der Waals surface area contributed by atoms with E-state index >= 15 is 0 Å². The third-order valence-electron chi connectivity index (χ3n) is 5.49. The van der Waals surface area contributed by atoms with Gasteiger partial charge in [-0.3, -0.25) is 0 Å². The van der Waals surface area contributed by atoms with Gasteiger partial charge in [-0.05, 0) is 68.5 Å². The number of aliphatic imine (C=N–C) groups is 1. The first-order valence-corrected chi connectivity index (χ1v) is 12.3. The predicted molar refractivity (Wildman–Crippen MR) is 146 cm³/mol. The number of benzene rings is 4. The van der Waals surface area contributed by atoms with Crippen LogP contribution in [0, 0.1) is 10.7 Å². The molecule has 0 saturated heterocycles. The second kappa shape index (κ2) is 11.9. The predicted octanol–water partition coefficient (Wildman–Crippen LogP) is 8.01. The highest BCUT2D eigenvalue weighted by Gasteiger charge is 2.16. The highest BCUT2D eigenvalue weighted by atomic mass is 32.2. The van der Waals surface area contributed by atoms with Gasteiger partial charge in [0.15, 0.2) is 0 Å². The Morgan fingerprint density at radius 3 is 1.53 bits per heavy atom. The summed E-state index contributed by atoms with van der Waals surface area (Å²) in [6, 6.07) is 38.0. The topological polar surface area (TPSA) is 36.1 Å². The fourth-order valence-electron chi connectivity index (χ4n) is 3.90. The third-order valence-corrected chi connectivity index (χ3v) is 6.23. The van der Waals surface area contributed by atoms with Crippen LogP contribution in [0.3, 0.4) is 0 Å². The maximum Gasteiger partial charge on any atom is 0.133 e. The van der Waals surface area contributed by atoms with E-state index in [0.29, 0.717) is 12.3 Å². The smallest absolute Gasteiger partial charge is 0.133 e. The summed E-state index contributed by atoms with van der Waals surface area (Å²) in [7, 11) is 0. The lowest BCUT2D eigenvalue weighted by molar-refractivity contribution is 1.08. The lowest BCUT2D eigenvalue weighted by Gasteiger charge is -2.18. The van der Waals surface area contributed by atoms with Crippen LogP contribution in [0.25, 0.3) is 11.1 Å². The van der Waals surface area contributed by atoms with Gasteiger partial charge in [-0.25, -0.2) is 4.99 Å². The summed E-state index contributed by atoms with van der Waals surface area (Å²) in [6.45, 7) is 0.530. The third kappa shape index (κ3) is 5.78. The average molecular weight is 475 g/mol. The second-order valence-electron chi connectivity index (χ2n) is 7.66. The van der Waals surface area contributed by atoms with Crippen LogP contribution < -0.4 is 0 Å². The molecular formula is C30H22N2S2. The molecule has 0 spiro atoms. The average Bonchev–Trinajstić information content (AvgIpc) is 2.91. The molecule has 0 fully saturated rings. The maximum absolute atomic E-state index is 8.90. The Labute approximate surface area is 210 Å². The highest BCUT2D eigenvalue weighted by Crippen LogP contribution is 2.37. The van der Waals surface area contributed by atoms with Gasteiger partial charge in [0.05, 0.1) is 11.7 Å². The Bertz CT molecular complexity index is 1350. The van der Waals surface area contributed by atoms with Gasteiger partial charge < -0.3 is 0 Å². The molecule has 0 aliphatic heterocycles. The first kappa shape index (κ1) is 23.4. The first-order chi connectivity index (χ1) is 16.8. The molecule has 0 atom stereocenters. The summed E-state index contributed by atoms with van der Waals surface area (Å²) in [5, 5.41) is 13.5. The van der Waals surface area contributed by atoms with Crippen molar-refractivity contribution in [2.24, 2.45) is 4.99 Å². The molecular weight excluding hydrogens is 452 g/mol. The number of thioether (sulfide) groups is 1. The Morgan fingerprint density at radius 2 is 1.09 bits per heavy atom. The van der Waals surface area contributed by atoms with Gasteiger partial charge in [-0.15, -0.1) is 0 Å². The van der Waals surface area contributed by atoms with Crippen molar-refractivity contribution in [2.75, 3.05) is 0 Å². The van der Waals surface area contributed by atoms with Crippen LogP contribution in [0.1, 0.15) is 33.4 Å². The fraction of sp³-hybridized carbons (Fsp3) is 0.0667. The molecule has 0 saturated carbocycles. The summed E-state index contributed by atoms with van der Waals surface area (Å²) in [5.74, 6) is 0.679. The summed E-state index contributed by atoms with van der Waals surface area (Å²) >= 11 is 5.97. The molecule has 164 valence electrons. The van der Waals surface area contributed by atoms with E-state index in [9.17, 15) is 0 Å². The van der Waals surface area contributed by atoms with Crippen molar-refractivity contribution in [1.82, 2.24) is 0 Å². The van der Waals surface area contributed by atoms with Gasteiger partial charge in [-0.2, -0.15) is 5.26 Å². The molecule has 0 N–H and O–H groups in total. The van der Waals surface area contributed by atoms with Crippen LogP contribution >= 0.6 is 24.0 Å². The molecule has 0 unspecified atom stereocenters. The molecule has 4 rings (SSSR count). The molecule has 0 amide bonds. The monoisotopic (exact) mass is 474 g/mol. The Balaban J connectivity index is 1.93. The van der Waals surface area contributed by atoms with Gasteiger partial charge in [0, 0.05) is 5.75 Å². The molecule has 0 aliphatic carbocycles. The molecule has 0 aliphatic rings. The molecule has 4 heteroatoms. The van der Waals surface area contributed by atoms with Crippen molar-refractivity contribution in [1.29, 1.82) is 5.26 Å². The van der Waals surface area contributed by atoms with Crippen LogP contribution in [0.2, 0.25) is 0 Å². The number of hydrogen-bond donors (Lipinski definition) is 0. The molecule has 0 heterocycles. The van der Waals surface area contributed by atoms with E-state index in [-0.39, 0.29) is 0 Å². The summed E-state index contributed by atoms with van der Waals surface area (Å²) in [5.41, 5.74) is 9.10. The normalized spacial score (nSPS) is 11.1. The van der Waals surface area contributed by atoms with E-state index in [1.165, 1.54) is 11.8 Å². The molecule has 2 nitrogen and oxygen atoms in total. The highest BCUT2D eigenvalue weighted by molar-refractivity contribution is 8.02. The number of nitrogens with zero attached hydrogens (tertiary/aromatic N) is 2. The lowest BCUT2D eigenvalue weighted by Crippen LogP contribution is -1.98. The van der Waals surface area contributed by atoms with E-state index in [0.717, 1.165) is 44.5 Å². The molecule has 4 aromatic carbocycles. The van der Waals surface area contributed by atoms with E-state index in [1.807, 2.05) is 12.1 Å². The van der Waals surface area contributed by atoms with Gasteiger partial charge in [0.25, 0.3) is 0 Å². The van der Waals surface area contributed by atoms with E-state index in [2.05, 4.69) is 113 Å². The Morgan fingerprint density at radius 1 is 0.647 bits per heavy atom. The number of thiocyanates is 1. The maximum atomic E-state index is 8.90. The Kier molecular flexibility index (Phi) is 8.22. The van der Waals surface area contributed by atoms with Gasteiger partial charge in [0.2, 0.25) is 0 Å². The van der Waals surface area contributed by atoms with Crippen LogP contribution in [-0.2, 0) is 12.3 Å². The van der Waals surface area contributed by atoms with Crippen LogP contribution in [0.4, 0.5) is 0 Å². The SMILES string of the molecule is N#CSCc1ccc(/C(=C(\c2ccccc2)c2ccc(CN=C=S)cc2)c2ccccc2)cc1. The minimum Gasteiger partial charge on any atom is -0.228 e. The van der Waals surface area contributed by atoms with Crippen molar-refractivity contribution < 1.29 is 0 Å². The summed E-state index contributed by atoms with van der Waals surface area (Å²) in [4.78, 5) is 4.07. The van der Waals surface area contributed by atoms with Crippen LogP contribution in [0.5, 0.6) is 0 Å². The van der Waals surface area contributed by atoms with Crippen molar-refractivity contribution in [3.63, 3.8) is 0 Å². The minimum absolute atomic E-state index is 0.530. The van der Waals surface area contributed by atoms with Crippen molar-refractivity contribution >= 4 is 40.3 Å². The quantitative estimate of drug-likeness (QED) is 0.112. The van der Waals surface area contributed by atoms with E-state index in [4.69, 9.17) is 17.5 Å². The van der Waals surface area contributed by atoms with E-state index in [1.54, 1.807) is 0 Å². The standard InChI is InChI=1S/C30H22N2S2/c31-21-34-20-24-13-17-28(18-14-24)30(26-9-5-2-6-10-26)29(25-7-3-1-4-8-25)27-15-11-23(12-16-27)19-32-22-33/h1-18H,19-20H2/b30-29+. The van der Waals surface area contributed by atoms with Crippen LogP contribution in [-0.4, -0.2) is 5.16 Å². The number of nitriles is 1. The molecule has 0 aromatic heterocycles. The Hall–Kier alpha value is -3.74. The lowest BCUT2D eigenvalue weighted by atomic mass is 9.85. The second-order valence-corrected chi connectivity index (χ2v) is 8.61. The zero-order valence-electron chi connectivity index (χ0n) is 18.5. The number of hydrogen-bond acceptors (Lipinski definition) is 4. The number of thiocarbonyl (C=S) groups is 1. The van der Waals surface area contributed by atoms with Crippen molar-refractivity contribution in [3.05, 3.63) is 143 Å². The zero-order valence-corrected chi connectivity index (χ0v) is 20.2. The van der Waals surface area contributed by atoms with Gasteiger partial charge in [-0.1, -0.05) is 109 Å².